The molecule has 1 aromatic rings. The average molecular weight is 278 g/mol. The molecule has 108 valence electrons. The second-order valence-electron chi connectivity index (χ2n) is 4.45. The lowest BCUT2D eigenvalue weighted by Gasteiger charge is -2.17. The van der Waals surface area contributed by atoms with Crippen LogP contribution in [0.15, 0.2) is 18.2 Å². The molecule has 1 atom stereocenters. The monoisotopic (exact) mass is 278 g/mol. The van der Waals surface area contributed by atoms with Crippen LogP contribution in [0, 0.1) is 5.82 Å². The van der Waals surface area contributed by atoms with Gasteiger partial charge in [-0.15, -0.1) is 0 Å². The minimum absolute atomic E-state index is 0.330. The van der Waals surface area contributed by atoms with Gasteiger partial charge in [0.15, 0.2) is 0 Å². The molecule has 1 rings (SSSR count). The summed E-state index contributed by atoms with van der Waals surface area (Å²) < 4.78 is 50.7. The number of benzene rings is 1. The highest BCUT2D eigenvalue weighted by atomic mass is 19.4. The summed E-state index contributed by atoms with van der Waals surface area (Å²) in [7, 11) is 0. The van der Waals surface area contributed by atoms with Gasteiger partial charge in [-0.05, 0) is 24.1 Å². The molecule has 1 unspecified atom stereocenters. The molecule has 0 radical (unpaired) electrons. The molecule has 0 fully saturated rings. The van der Waals surface area contributed by atoms with Crippen LogP contribution in [0.5, 0.6) is 0 Å². The molecule has 19 heavy (non-hydrogen) atoms. The van der Waals surface area contributed by atoms with Crippen LogP contribution in [-0.4, -0.2) is 0 Å². The van der Waals surface area contributed by atoms with E-state index in [-0.39, 0.29) is 6.04 Å². The average Bonchev–Trinajstić information content (AvgIpc) is 2.33. The van der Waals surface area contributed by atoms with Gasteiger partial charge in [0.05, 0.1) is 5.56 Å². The molecular formula is C13H18F4N2. The second kappa shape index (κ2) is 6.86. The van der Waals surface area contributed by atoms with Gasteiger partial charge in [-0.3, -0.25) is 11.3 Å². The van der Waals surface area contributed by atoms with Gasteiger partial charge in [-0.25, -0.2) is 4.39 Å². The molecule has 0 amide bonds. The van der Waals surface area contributed by atoms with Crippen molar-refractivity contribution < 1.29 is 17.6 Å². The first-order chi connectivity index (χ1) is 8.90. The molecular weight excluding hydrogens is 260 g/mol. The van der Waals surface area contributed by atoms with Gasteiger partial charge >= 0.3 is 6.18 Å². The molecule has 0 spiro atoms. The molecule has 2 nitrogen and oxygen atoms in total. The van der Waals surface area contributed by atoms with E-state index in [1.165, 1.54) is 6.07 Å². The Labute approximate surface area is 110 Å². The van der Waals surface area contributed by atoms with Crippen molar-refractivity contribution >= 4 is 0 Å². The Morgan fingerprint density at radius 2 is 1.95 bits per heavy atom. The van der Waals surface area contributed by atoms with Crippen LogP contribution in [0.2, 0.25) is 0 Å². The van der Waals surface area contributed by atoms with E-state index in [4.69, 9.17) is 5.84 Å². The van der Waals surface area contributed by atoms with Gasteiger partial charge in [0.2, 0.25) is 0 Å². The fourth-order valence-corrected chi connectivity index (χ4v) is 1.92. The van der Waals surface area contributed by atoms with E-state index in [2.05, 4.69) is 5.43 Å². The van der Waals surface area contributed by atoms with Crippen molar-refractivity contribution in [3.8, 4) is 0 Å². The van der Waals surface area contributed by atoms with E-state index in [1.54, 1.807) is 0 Å². The lowest BCUT2D eigenvalue weighted by Crippen LogP contribution is -2.28. The van der Waals surface area contributed by atoms with Gasteiger partial charge in [0, 0.05) is 6.04 Å². The van der Waals surface area contributed by atoms with E-state index in [0.717, 1.165) is 31.4 Å². The molecule has 0 saturated heterocycles. The van der Waals surface area contributed by atoms with Gasteiger partial charge in [0.1, 0.15) is 5.82 Å². The minimum atomic E-state index is -4.67. The predicted octanol–water partition coefficient (Wildman–Crippen LogP) is 3.93. The largest absolute Gasteiger partial charge is 0.419 e. The number of halogens is 4. The maximum Gasteiger partial charge on any atom is 0.419 e. The third kappa shape index (κ3) is 4.47. The van der Waals surface area contributed by atoms with Crippen LogP contribution in [-0.2, 0) is 6.18 Å². The SMILES string of the molecule is CCCCCC(NN)c1ccc(C(F)(F)F)c(F)c1. The smallest absolute Gasteiger partial charge is 0.271 e. The zero-order chi connectivity index (χ0) is 14.5. The van der Waals surface area contributed by atoms with Crippen molar-refractivity contribution in [1.82, 2.24) is 5.43 Å². The van der Waals surface area contributed by atoms with Crippen LogP contribution in [0.25, 0.3) is 0 Å². The molecule has 0 aliphatic carbocycles. The van der Waals surface area contributed by atoms with Crippen molar-refractivity contribution in [2.45, 2.75) is 44.8 Å². The van der Waals surface area contributed by atoms with E-state index in [9.17, 15) is 17.6 Å². The number of nitrogens with two attached hydrogens (primary N) is 1. The third-order valence-electron chi connectivity index (χ3n) is 3.00. The Balaban J connectivity index is 2.86. The molecule has 6 heteroatoms. The lowest BCUT2D eigenvalue weighted by atomic mass is 9.99. The lowest BCUT2D eigenvalue weighted by molar-refractivity contribution is -0.140. The number of hydrazine groups is 1. The summed E-state index contributed by atoms with van der Waals surface area (Å²) in [4.78, 5) is 0. The summed E-state index contributed by atoms with van der Waals surface area (Å²) in [5.41, 5.74) is 1.70. The summed E-state index contributed by atoms with van der Waals surface area (Å²) in [6.45, 7) is 2.04. The molecule has 1 aromatic carbocycles. The number of unbranched alkanes of at least 4 members (excludes halogenated alkanes) is 2. The molecule has 3 N–H and O–H groups in total. The number of hydrogen-bond acceptors (Lipinski definition) is 2. The van der Waals surface area contributed by atoms with Crippen LogP contribution < -0.4 is 11.3 Å². The third-order valence-corrected chi connectivity index (χ3v) is 3.00. The van der Waals surface area contributed by atoms with Gasteiger partial charge < -0.3 is 0 Å². The van der Waals surface area contributed by atoms with Crippen LogP contribution in [0.3, 0.4) is 0 Å². The van der Waals surface area contributed by atoms with Crippen LogP contribution >= 0.6 is 0 Å². The van der Waals surface area contributed by atoms with Gasteiger partial charge in [-0.2, -0.15) is 13.2 Å². The summed E-state index contributed by atoms with van der Waals surface area (Å²) in [5.74, 6) is 4.10. The first kappa shape index (κ1) is 15.9. The molecule has 0 heterocycles. The number of alkyl halides is 3. The van der Waals surface area contributed by atoms with Crippen LogP contribution in [0.1, 0.15) is 49.8 Å². The highest BCUT2D eigenvalue weighted by Crippen LogP contribution is 2.32. The Kier molecular flexibility index (Phi) is 5.75. The highest BCUT2D eigenvalue weighted by molar-refractivity contribution is 5.28. The van der Waals surface area contributed by atoms with E-state index >= 15 is 0 Å². The first-order valence-electron chi connectivity index (χ1n) is 6.23. The maximum atomic E-state index is 13.4. The summed E-state index contributed by atoms with van der Waals surface area (Å²) >= 11 is 0. The van der Waals surface area contributed by atoms with Crippen LogP contribution in [0.4, 0.5) is 17.6 Å². The molecule has 0 aromatic heterocycles. The zero-order valence-electron chi connectivity index (χ0n) is 10.7. The standard InChI is InChI=1S/C13H18F4N2/c1-2-3-4-5-12(19-18)9-6-7-10(11(14)8-9)13(15,16)17/h6-8,12,19H,2-5,18H2,1H3. The Morgan fingerprint density at radius 3 is 2.42 bits per heavy atom. The maximum absolute atomic E-state index is 13.4. The van der Waals surface area contributed by atoms with Crippen molar-refractivity contribution in [1.29, 1.82) is 0 Å². The fourth-order valence-electron chi connectivity index (χ4n) is 1.92. The Hall–Kier alpha value is -1.14. The topological polar surface area (TPSA) is 38.0 Å². The van der Waals surface area contributed by atoms with Crippen molar-refractivity contribution in [2.24, 2.45) is 5.84 Å². The predicted molar refractivity (Wildman–Crippen MR) is 65.6 cm³/mol. The van der Waals surface area contributed by atoms with Crippen molar-refractivity contribution in [3.05, 3.63) is 35.1 Å². The van der Waals surface area contributed by atoms with Crippen molar-refractivity contribution in [3.63, 3.8) is 0 Å². The first-order valence-corrected chi connectivity index (χ1v) is 6.23. The van der Waals surface area contributed by atoms with E-state index in [1.807, 2.05) is 6.92 Å². The number of hydrogen-bond donors (Lipinski definition) is 2. The summed E-state index contributed by atoms with van der Waals surface area (Å²) in [6.07, 6.45) is -1.10. The van der Waals surface area contributed by atoms with E-state index < -0.39 is 17.6 Å². The summed E-state index contributed by atoms with van der Waals surface area (Å²) in [6, 6.07) is 2.60. The molecule has 0 saturated carbocycles. The molecule has 0 aliphatic rings. The highest BCUT2D eigenvalue weighted by Gasteiger charge is 2.34. The Bertz CT molecular complexity index is 404. The zero-order valence-corrected chi connectivity index (χ0v) is 10.7. The summed E-state index contributed by atoms with van der Waals surface area (Å²) in [5, 5.41) is 0. The fraction of sp³-hybridized carbons (Fsp3) is 0.538. The van der Waals surface area contributed by atoms with Crippen molar-refractivity contribution in [2.75, 3.05) is 0 Å². The second-order valence-corrected chi connectivity index (χ2v) is 4.45. The van der Waals surface area contributed by atoms with Gasteiger partial charge in [-0.1, -0.05) is 32.3 Å². The normalized spacial score (nSPS) is 13.6. The Morgan fingerprint density at radius 1 is 1.26 bits per heavy atom. The molecule has 0 aliphatic heterocycles. The number of rotatable bonds is 6. The van der Waals surface area contributed by atoms with E-state index in [0.29, 0.717) is 12.0 Å². The van der Waals surface area contributed by atoms with Gasteiger partial charge in [0.25, 0.3) is 0 Å². The minimum Gasteiger partial charge on any atom is -0.271 e. The quantitative estimate of drug-likeness (QED) is 0.358. The number of nitrogens with one attached hydrogen (secondary N) is 1. The molecule has 0 bridgehead atoms.